The van der Waals surface area contributed by atoms with E-state index in [-0.39, 0.29) is 16.9 Å². The molecule has 9 atom stereocenters. The molecule has 4 fully saturated rings. The van der Waals surface area contributed by atoms with E-state index in [0.717, 1.165) is 29.6 Å². The van der Waals surface area contributed by atoms with E-state index in [9.17, 15) is 18.0 Å². The van der Waals surface area contributed by atoms with E-state index in [4.69, 9.17) is 5.11 Å². The van der Waals surface area contributed by atoms with Gasteiger partial charge in [-0.05, 0) is 128 Å². The maximum atomic E-state index is 12.7. The highest BCUT2D eigenvalue weighted by Crippen LogP contribution is 2.69. The van der Waals surface area contributed by atoms with Gasteiger partial charge in [0.1, 0.15) is 0 Å². The Balaban J connectivity index is 1.22. The van der Waals surface area contributed by atoms with Gasteiger partial charge in [0.2, 0.25) is 5.91 Å². The van der Waals surface area contributed by atoms with Gasteiger partial charge in [-0.1, -0.05) is 47.0 Å². The predicted octanol–water partition coefficient (Wildman–Crippen LogP) is 7.29. The van der Waals surface area contributed by atoms with Gasteiger partial charge in [-0.2, -0.15) is 0 Å². The SMILES string of the molecule is CC[C@H]1CC2C(CC[C@@]3(C)C2CC[C@@H]3[C@H](C)CCC(=O)NS(=O)(=O)c2ccc(C(=O)O)cc2)[C@@]2(C)CCCCC12. The summed E-state index contributed by atoms with van der Waals surface area (Å²) in [4.78, 5) is 23.7. The van der Waals surface area contributed by atoms with Gasteiger partial charge in [-0.25, -0.2) is 17.9 Å². The second-order valence-electron chi connectivity index (χ2n) is 14.2. The van der Waals surface area contributed by atoms with Crippen molar-refractivity contribution in [3.05, 3.63) is 29.8 Å². The second-order valence-corrected chi connectivity index (χ2v) is 15.9. The van der Waals surface area contributed by atoms with E-state index in [0.29, 0.717) is 29.1 Å². The molecule has 1 aromatic rings. The van der Waals surface area contributed by atoms with E-state index in [1.165, 1.54) is 88.5 Å². The maximum absolute atomic E-state index is 12.7. The minimum absolute atomic E-state index is 0.00241. The van der Waals surface area contributed by atoms with Crippen LogP contribution < -0.4 is 4.72 Å². The summed E-state index contributed by atoms with van der Waals surface area (Å²) in [5, 5.41) is 9.04. The van der Waals surface area contributed by atoms with Crippen molar-refractivity contribution >= 4 is 21.9 Å². The Morgan fingerprint density at radius 3 is 2.35 bits per heavy atom. The van der Waals surface area contributed by atoms with Crippen LogP contribution in [0.3, 0.4) is 0 Å². The summed E-state index contributed by atoms with van der Waals surface area (Å²) in [6.45, 7) is 9.88. The van der Waals surface area contributed by atoms with Crippen molar-refractivity contribution in [3.8, 4) is 0 Å². The van der Waals surface area contributed by atoms with E-state index < -0.39 is 21.9 Å². The zero-order chi connectivity index (χ0) is 28.9. The standard InChI is InChI=1S/C33H49NO5S/c1-5-22-20-25-28-15-14-26(33(28,4)19-17-29(25)32(3)18-7-6-8-27(22)32)21(2)9-16-30(35)34-40(38,39)24-12-10-23(11-13-24)31(36)37/h10-13,21-22,25-29H,5-9,14-20H2,1-4H3,(H,34,35)(H,36,37)/t21-,22+,25?,26-,27?,28?,29?,32+,33-/m1/s1. The molecule has 1 amide bonds. The monoisotopic (exact) mass is 571 g/mol. The van der Waals surface area contributed by atoms with Gasteiger partial charge in [0, 0.05) is 6.42 Å². The minimum Gasteiger partial charge on any atom is -0.478 e. The van der Waals surface area contributed by atoms with Crippen LogP contribution in [0.25, 0.3) is 0 Å². The molecule has 0 radical (unpaired) electrons. The normalized spacial score (nSPS) is 38.0. The molecule has 40 heavy (non-hydrogen) atoms. The average molecular weight is 572 g/mol. The Labute approximate surface area is 241 Å². The third-order valence-corrected chi connectivity index (χ3v) is 13.9. The molecule has 4 saturated carbocycles. The quantitative estimate of drug-likeness (QED) is 0.341. The zero-order valence-corrected chi connectivity index (χ0v) is 25.6. The highest BCUT2D eigenvalue weighted by atomic mass is 32.2. The first-order valence-electron chi connectivity index (χ1n) is 15.8. The largest absolute Gasteiger partial charge is 0.478 e. The third kappa shape index (κ3) is 5.13. The first-order valence-corrected chi connectivity index (χ1v) is 17.3. The van der Waals surface area contributed by atoms with Crippen LogP contribution in [0.5, 0.6) is 0 Å². The summed E-state index contributed by atoms with van der Waals surface area (Å²) in [5.41, 5.74) is 0.831. The molecule has 2 N–H and O–H groups in total. The van der Waals surface area contributed by atoms with Crippen molar-refractivity contribution in [3.63, 3.8) is 0 Å². The lowest BCUT2D eigenvalue weighted by molar-refractivity contribution is -0.138. The van der Waals surface area contributed by atoms with Crippen LogP contribution in [-0.2, 0) is 14.8 Å². The van der Waals surface area contributed by atoms with Crippen LogP contribution >= 0.6 is 0 Å². The smallest absolute Gasteiger partial charge is 0.335 e. The topological polar surface area (TPSA) is 101 Å². The van der Waals surface area contributed by atoms with Crippen LogP contribution in [-0.4, -0.2) is 25.4 Å². The average Bonchev–Trinajstić information content (AvgIpc) is 3.28. The molecule has 0 aromatic heterocycles. The lowest BCUT2D eigenvalue weighted by Gasteiger charge is -2.63. The van der Waals surface area contributed by atoms with Crippen LogP contribution in [0.2, 0.25) is 0 Å². The van der Waals surface area contributed by atoms with Crippen LogP contribution in [0, 0.1) is 52.3 Å². The number of amides is 1. The van der Waals surface area contributed by atoms with Crippen LogP contribution in [0.4, 0.5) is 0 Å². The number of aromatic carboxylic acids is 1. The Kier molecular flexibility index (Phi) is 8.19. The molecule has 0 saturated heterocycles. The molecule has 7 heteroatoms. The number of nitrogens with one attached hydrogen (secondary N) is 1. The van der Waals surface area contributed by atoms with Crippen molar-refractivity contribution < 1.29 is 23.1 Å². The fourth-order valence-corrected chi connectivity index (χ4v) is 11.6. The molecule has 4 aliphatic rings. The van der Waals surface area contributed by atoms with Gasteiger partial charge < -0.3 is 5.11 Å². The number of hydrogen-bond donors (Lipinski definition) is 2. The molecule has 5 rings (SSSR count). The van der Waals surface area contributed by atoms with Crippen molar-refractivity contribution in [1.82, 2.24) is 4.72 Å². The van der Waals surface area contributed by atoms with Crippen molar-refractivity contribution in [2.24, 2.45) is 52.3 Å². The molecule has 1 aromatic carbocycles. The molecule has 0 heterocycles. The number of carboxylic acid groups (broad SMARTS) is 1. The van der Waals surface area contributed by atoms with Crippen molar-refractivity contribution in [2.45, 2.75) is 110 Å². The molecule has 0 bridgehead atoms. The van der Waals surface area contributed by atoms with E-state index in [2.05, 4.69) is 32.4 Å². The number of carbonyl (C=O) groups excluding carboxylic acids is 1. The number of fused-ring (bicyclic) bond motifs is 5. The number of rotatable bonds is 8. The zero-order valence-electron chi connectivity index (χ0n) is 24.8. The van der Waals surface area contributed by atoms with Gasteiger partial charge in [0.15, 0.2) is 0 Å². The number of hydrogen-bond acceptors (Lipinski definition) is 4. The molecular weight excluding hydrogens is 522 g/mol. The third-order valence-electron chi connectivity index (χ3n) is 12.5. The van der Waals surface area contributed by atoms with Gasteiger partial charge in [-0.3, -0.25) is 4.79 Å². The fourth-order valence-electron chi connectivity index (χ4n) is 10.6. The summed E-state index contributed by atoms with van der Waals surface area (Å²) in [7, 11) is -4.03. The van der Waals surface area contributed by atoms with Gasteiger partial charge in [-0.15, -0.1) is 0 Å². The summed E-state index contributed by atoms with van der Waals surface area (Å²) in [6.07, 6.45) is 14.4. The lowest BCUT2D eigenvalue weighted by Crippen LogP contribution is -2.55. The highest BCUT2D eigenvalue weighted by Gasteiger charge is 2.61. The summed E-state index contributed by atoms with van der Waals surface area (Å²) in [5.74, 6) is 3.58. The second kappa shape index (κ2) is 11.1. The first kappa shape index (κ1) is 29.6. The van der Waals surface area contributed by atoms with E-state index in [1.807, 2.05) is 0 Å². The number of carbonyl (C=O) groups is 2. The van der Waals surface area contributed by atoms with Crippen molar-refractivity contribution in [2.75, 3.05) is 0 Å². The summed E-state index contributed by atoms with van der Waals surface area (Å²) < 4.78 is 27.6. The van der Waals surface area contributed by atoms with Gasteiger partial charge in [0.25, 0.3) is 10.0 Å². The highest BCUT2D eigenvalue weighted by molar-refractivity contribution is 7.90. The fraction of sp³-hybridized carbons (Fsp3) is 0.758. The van der Waals surface area contributed by atoms with E-state index in [1.54, 1.807) is 0 Å². The number of sulfonamides is 1. The van der Waals surface area contributed by atoms with Crippen molar-refractivity contribution in [1.29, 1.82) is 0 Å². The molecule has 0 aliphatic heterocycles. The van der Waals surface area contributed by atoms with E-state index >= 15 is 0 Å². The lowest BCUT2D eigenvalue weighted by atomic mass is 9.42. The molecule has 6 nitrogen and oxygen atoms in total. The van der Waals surface area contributed by atoms with Crippen LogP contribution in [0.1, 0.15) is 115 Å². The Morgan fingerprint density at radius 1 is 0.975 bits per heavy atom. The molecule has 4 aliphatic carbocycles. The van der Waals surface area contributed by atoms with Gasteiger partial charge in [0.05, 0.1) is 10.5 Å². The Bertz CT molecular complexity index is 1210. The molecule has 4 unspecified atom stereocenters. The Hall–Kier alpha value is -1.89. The predicted molar refractivity (Wildman–Crippen MR) is 156 cm³/mol. The maximum Gasteiger partial charge on any atom is 0.335 e. The molecule has 0 spiro atoms. The van der Waals surface area contributed by atoms with Crippen LogP contribution in [0.15, 0.2) is 29.2 Å². The van der Waals surface area contributed by atoms with Gasteiger partial charge >= 0.3 is 5.97 Å². The summed E-state index contributed by atoms with van der Waals surface area (Å²) in [6, 6.07) is 4.92. The Morgan fingerprint density at radius 2 is 1.68 bits per heavy atom. The molecule has 222 valence electrons. The summed E-state index contributed by atoms with van der Waals surface area (Å²) >= 11 is 0. The number of carboxylic acids is 1. The number of benzene rings is 1. The first-order chi connectivity index (χ1) is 18.9. The molecular formula is C33H49NO5S. The minimum atomic E-state index is -4.03.